The zero-order valence-corrected chi connectivity index (χ0v) is 17.4. The fraction of sp³-hybridized carbons (Fsp3) is 0.238. The number of halogens is 1. The minimum Gasteiger partial charge on any atom is -0.492 e. The highest BCUT2D eigenvalue weighted by Crippen LogP contribution is 2.27. The lowest BCUT2D eigenvalue weighted by Crippen LogP contribution is -2.31. The normalized spacial score (nSPS) is 10.7. The summed E-state index contributed by atoms with van der Waals surface area (Å²) < 4.78 is 19.5. The van der Waals surface area contributed by atoms with E-state index in [2.05, 4.69) is 4.98 Å². The Hall–Kier alpha value is -2.38. The second-order valence-electron chi connectivity index (χ2n) is 6.23. The molecule has 0 atom stereocenters. The number of nitrogens with zero attached hydrogens (tertiary/aromatic N) is 2. The number of likely N-dealkylation sites (N-methyl/N-ethyl adjacent to an activating group) is 1. The monoisotopic (exact) mass is 416 g/mol. The molecule has 28 heavy (non-hydrogen) atoms. The van der Waals surface area contributed by atoms with Gasteiger partial charge >= 0.3 is 0 Å². The highest BCUT2D eigenvalue weighted by molar-refractivity contribution is 8.00. The molecular weight excluding hydrogens is 395 g/mol. The van der Waals surface area contributed by atoms with E-state index in [4.69, 9.17) is 4.74 Å². The maximum Gasteiger partial charge on any atom is 0.254 e. The van der Waals surface area contributed by atoms with Crippen molar-refractivity contribution >= 4 is 29.0 Å². The van der Waals surface area contributed by atoms with Gasteiger partial charge in [-0.25, -0.2) is 9.37 Å². The van der Waals surface area contributed by atoms with Gasteiger partial charge in [0, 0.05) is 29.4 Å². The number of carbonyl (C=O) groups excluding carboxylic acids is 1. The van der Waals surface area contributed by atoms with E-state index >= 15 is 0 Å². The number of ether oxygens (including phenoxy) is 1. The molecule has 1 aromatic heterocycles. The van der Waals surface area contributed by atoms with Gasteiger partial charge in [0.1, 0.15) is 22.5 Å². The second-order valence-corrected chi connectivity index (χ2v) is 8.31. The van der Waals surface area contributed by atoms with Crippen LogP contribution in [-0.2, 0) is 5.75 Å². The molecule has 0 radical (unpaired) electrons. The van der Waals surface area contributed by atoms with E-state index in [9.17, 15) is 9.18 Å². The third-order valence-electron chi connectivity index (χ3n) is 4.05. The number of aromatic nitrogens is 1. The summed E-state index contributed by atoms with van der Waals surface area (Å²) in [6.45, 7) is 2.74. The molecule has 3 aromatic rings. The number of amides is 1. The summed E-state index contributed by atoms with van der Waals surface area (Å²) in [5.74, 6) is 0.920. The Morgan fingerprint density at radius 3 is 2.68 bits per heavy atom. The van der Waals surface area contributed by atoms with Crippen molar-refractivity contribution in [1.29, 1.82) is 0 Å². The van der Waals surface area contributed by atoms with Gasteiger partial charge in [0.2, 0.25) is 0 Å². The van der Waals surface area contributed by atoms with Crippen LogP contribution in [0, 0.1) is 12.7 Å². The van der Waals surface area contributed by atoms with Crippen molar-refractivity contribution < 1.29 is 13.9 Å². The van der Waals surface area contributed by atoms with Crippen LogP contribution in [0.5, 0.6) is 5.75 Å². The largest absolute Gasteiger partial charge is 0.492 e. The van der Waals surface area contributed by atoms with E-state index in [0.29, 0.717) is 30.2 Å². The second kappa shape index (κ2) is 9.71. The molecule has 0 fully saturated rings. The molecule has 0 saturated heterocycles. The first-order valence-electron chi connectivity index (χ1n) is 8.79. The Morgan fingerprint density at radius 2 is 1.96 bits per heavy atom. The van der Waals surface area contributed by atoms with E-state index in [1.165, 1.54) is 12.1 Å². The van der Waals surface area contributed by atoms with Crippen molar-refractivity contribution in [2.75, 3.05) is 20.2 Å². The van der Waals surface area contributed by atoms with Gasteiger partial charge in [-0.3, -0.25) is 4.79 Å². The molecule has 0 bridgehead atoms. The van der Waals surface area contributed by atoms with Crippen LogP contribution in [0.3, 0.4) is 0 Å². The van der Waals surface area contributed by atoms with Crippen LogP contribution in [0.1, 0.15) is 21.6 Å². The summed E-state index contributed by atoms with van der Waals surface area (Å²) in [7, 11) is 1.75. The lowest BCUT2D eigenvalue weighted by molar-refractivity contribution is 0.0773. The van der Waals surface area contributed by atoms with E-state index < -0.39 is 0 Å². The van der Waals surface area contributed by atoms with Crippen LogP contribution in [0.25, 0.3) is 0 Å². The van der Waals surface area contributed by atoms with Crippen molar-refractivity contribution in [3.05, 3.63) is 76.5 Å². The number of aryl methyl sites for hydroxylation is 1. The maximum absolute atomic E-state index is 12.9. The quantitative estimate of drug-likeness (QED) is 0.483. The van der Waals surface area contributed by atoms with Crippen LogP contribution in [0.2, 0.25) is 0 Å². The zero-order valence-electron chi connectivity index (χ0n) is 15.7. The standard InChI is InChI=1S/C21H21FN2O2S2/c1-15-13-27-21(23-15)28-14-16-5-3-4-6-19(16)20(25)24(2)11-12-26-18-9-7-17(22)8-10-18/h3-10,13H,11-12,14H2,1-2H3. The first-order chi connectivity index (χ1) is 13.5. The lowest BCUT2D eigenvalue weighted by atomic mass is 10.1. The van der Waals surface area contributed by atoms with Crippen LogP contribution < -0.4 is 4.74 Å². The Kier molecular flexibility index (Phi) is 7.06. The molecule has 0 saturated carbocycles. The van der Waals surface area contributed by atoms with Gasteiger partial charge in [-0.05, 0) is 42.8 Å². The van der Waals surface area contributed by atoms with Crippen LogP contribution in [0.4, 0.5) is 4.39 Å². The summed E-state index contributed by atoms with van der Waals surface area (Å²) in [4.78, 5) is 19.0. The third-order valence-corrected chi connectivity index (χ3v) is 6.24. The van der Waals surface area contributed by atoms with Crippen LogP contribution >= 0.6 is 23.1 Å². The molecule has 146 valence electrons. The van der Waals surface area contributed by atoms with Gasteiger partial charge in [0.05, 0.1) is 6.54 Å². The molecule has 0 spiro atoms. The zero-order chi connectivity index (χ0) is 19.9. The van der Waals surface area contributed by atoms with Crippen molar-refractivity contribution in [2.24, 2.45) is 0 Å². The molecule has 4 nitrogen and oxygen atoms in total. The number of thioether (sulfide) groups is 1. The Bertz CT molecular complexity index is 928. The summed E-state index contributed by atoms with van der Waals surface area (Å²) in [6.07, 6.45) is 0. The SMILES string of the molecule is Cc1csc(SCc2ccccc2C(=O)N(C)CCOc2ccc(F)cc2)n1. The van der Waals surface area contributed by atoms with Gasteiger partial charge in [-0.15, -0.1) is 11.3 Å². The topological polar surface area (TPSA) is 42.4 Å². The van der Waals surface area contributed by atoms with E-state index in [1.54, 1.807) is 47.2 Å². The van der Waals surface area contributed by atoms with E-state index in [1.807, 2.05) is 36.6 Å². The highest BCUT2D eigenvalue weighted by atomic mass is 32.2. The maximum atomic E-state index is 12.9. The lowest BCUT2D eigenvalue weighted by Gasteiger charge is -2.19. The number of carbonyl (C=O) groups is 1. The molecule has 0 aliphatic heterocycles. The summed E-state index contributed by atoms with van der Waals surface area (Å²) in [6, 6.07) is 13.5. The average Bonchev–Trinajstić information content (AvgIpc) is 3.12. The highest BCUT2D eigenvalue weighted by Gasteiger charge is 2.16. The molecule has 2 aromatic carbocycles. The van der Waals surface area contributed by atoms with Crippen molar-refractivity contribution in [1.82, 2.24) is 9.88 Å². The fourth-order valence-corrected chi connectivity index (χ4v) is 4.38. The van der Waals surface area contributed by atoms with Crippen LogP contribution in [0.15, 0.2) is 58.3 Å². The van der Waals surface area contributed by atoms with E-state index in [0.717, 1.165) is 15.6 Å². The minimum atomic E-state index is -0.304. The number of hydrogen-bond donors (Lipinski definition) is 0. The first-order valence-corrected chi connectivity index (χ1v) is 10.7. The van der Waals surface area contributed by atoms with Gasteiger partial charge in [-0.1, -0.05) is 30.0 Å². The molecule has 0 aliphatic carbocycles. The predicted molar refractivity (Wildman–Crippen MR) is 112 cm³/mol. The molecule has 1 amide bonds. The number of benzene rings is 2. The molecule has 0 unspecified atom stereocenters. The molecule has 7 heteroatoms. The molecular formula is C21H21FN2O2S2. The smallest absolute Gasteiger partial charge is 0.254 e. The minimum absolute atomic E-state index is 0.0470. The Labute approximate surface area is 172 Å². The fourth-order valence-electron chi connectivity index (χ4n) is 2.53. The Balaban J connectivity index is 1.57. The van der Waals surface area contributed by atoms with Gasteiger partial charge in [0.15, 0.2) is 0 Å². The van der Waals surface area contributed by atoms with Gasteiger partial charge in [-0.2, -0.15) is 0 Å². The average molecular weight is 417 g/mol. The first kappa shape index (κ1) is 20.4. The molecule has 3 rings (SSSR count). The molecule has 0 aliphatic rings. The van der Waals surface area contributed by atoms with Crippen LogP contribution in [-0.4, -0.2) is 36.0 Å². The van der Waals surface area contributed by atoms with E-state index in [-0.39, 0.29) is 11.7 Å². The van der Waals surface area contributed by atoms with Crippen molar-refractivity contribution in [2.45, 2.75) is 17.0 Å². The molecule has 0 N–H and O–H groups in total. The Morgan fingerprint density at radius 1 is 1.21 bits per heavy atom. The molecule has 1 heterocycles. The summed E-state index contributed by atoms with van der Waals surface area (Å²) >= 11 is 3.25. The number of rotatable bonds is 8. The van der Waals surface area contributed by atoms with Gasteiger partial charge in [0.25, 0.3) is 5.91 Å². The predicted octanol–water partition coefficient (Wildman–Crippen LogP) is 5.03. The third kappa shape index (κ3) is 5.56. The summed E-state index contributed by atoms with van der Waals surface area (Å²) in [5.41, 5.74) is 2.68. The van der Waals surface area contributed by atoms with Crippen molar-refractivity contribution in [3.63, 3.8) is 0 Å². The van der Waals surface area contributed by atoms with Gasteiger partial charge < -0.3 is 9.64 Å². The summed E-state index contributed by atoms with van der Waals surface area (Å²) in [5, 5.41) is 2.02. The number of thiazole rings is 1. The van der Waals surface area contributed by atoms with Crippen molar-refractivity contribution in [3.8, 4) is 5.75 Å². The number of hydrogen-bond acceptors (Lipinski definition) is 5.